The van der Waals surface area contributed by atoms with Crippen LogP contribution >= 0.6 is 0 Å². The molecule has 1 unspecified atom stereocenters. The maximum absolute atomic E-state index is 15.5. The van der Waals surface area contributed by atoms with Gasteiger partial charge in [-0.05, 0) is 107 Å². The Morgan fingerprint density at radius 2 is 1.44 bits per heavy atom. The summed E-state index contributed by atoms with van der Waals surface area (Å²) in [5, 5.41) is 2.01. The van der Waals surface area contributed by atoms with Crippen LogP contribution in [0.1, 0.15) is 77.6 Å². The SMILES string of the molecule is CC(C)=Nc1c(C)cc(-c2cn(C(N)=NC(C)C)c3ncc(CN4CCN(CC(C)(N)c5c[nH]c6ncc(CN7CCN(C)CC7)cc56)CC4)cc23)cc1F.CC(C)C. The Balaban J connectivity index is 0.00000140. The molecule has 0 radical (unpaired) electrons. The quantitative estimate of drug-likeness (QED) is 0.100. The smallest absolute Gasteiger partial charge is 0.201 e. The fourth-order valence-electron chi connectivity index (χ4n) is 8.01. The molecule has 1 atom stereocenters. The summed E-state index contributed by atoms with van der Waals surface area (Å²) in [6.07, 6.45) is 7.89. The van der Waals surface area contributed by atoms with Crippen molar-refractivity contribution in [1.82, 2.24) is 39.1 Å². The van der Waals surface area contributed by atoms with Gasteiger partial charge in [0.25, 0.3) is 0 Å². The van der Waals surface area contributed by atoms with Gasteiger partial charge in [-0.1, -0.05) is 20.8 Å². The molecule has 0 spiro atoms. The molecule has 0 bridgehead atoms. The zero-order chi connectivity index (χ0) is 42.6. The Hall–Kier alpha value is -4.53. The number of benzene rings is 1. The molecule has 6 heterocycles. The zero-order valence-corrected chi connectivity index (χ0v) is 37.1. The Bertz CT molecular complexity index is 2240. The van der Waals surface area contributed by atoms with Crippen LogP contribution in [0.4, 0.5) is 10.1 Å². The average molecular weight is 807 g/mol. The molecule has 318 valence electrons. The molecule has 5 aromatic rings. The third-order valence-corrected chi connectivity index (χ3v) is 10.9. The summed E-state index contributed by atoms with van der Waals surface area (Å²) in [6.45, 7) is 28.6. The largest absolute Gasteiger partial charge is 0.369 e. The first-order valence-electron chi connectivity index (χ1n) is 21.2. The molecule has 2 aliphatic heterocycles. The molecule has 7 rings (SSSR count). The van der Waals surface area contributed by atoms with E-state index in [4.69, 9.17) is 21.4 Å². The van der Waals surface area contributed by atoms with Crippen molar-refractivity contribution in [3.05, 3.63) is 77.1 Å². The van der Waals surface area contributed by atoms with Gasteiger partial charge in [0.1, 0.15) is 22.8 Å². The predicted molar refractivity (Wildman–Crippen MR) is 243 cm³/mol. The molecule has 2 aliphatic rings. The van der Waals surface area contributed by atoms with E-state index in [-0.39, 0.29) is 11.9 Å². The minimum absolute atomic E-state index is 0.00885. The molecule has 4 aromatic heterocycles. The van der Waals surface area contributed by atoms with E-state index in [9.17, 15) is 0 Å². The lowest BCUT2D eigenvalue weighted by molar-refractivity contribution is 0.109. The summed E-state index contributed by atoms with van der Waals surface area (Å²) >= 11 is 0. The first-order chi connectivity index (χ1) is 28.0. The summed E-state index contributed by atoms with van der Waals surface area (Å²) in [4.78, 5) is 31.9. The van der Waals surface area contributed by atoms with Gasteiger partial charge in [0.2, 0.25) is 5.96 Å². The molecule has 59 heavy (non-hydrogen) atoms. The van der Waals surface area contributed by atoms with Crippen molar-refractivity contribution < 1.29 is 4.39 Å². The van der Waals surface area contributed by atoms with Crippen molar-refractivity contribution in [1.29, 1.82) is 0 Å². The Morgan fingerprint density at radius 3 is 2.03 bits per heavy atom. The number of pyridine rings is 2. The number of halogens is 1. The number of nitrogens with one attached hydrogen (secondary N) is 1. The van der Waals surface area contributed by atoms with Crippen LogP contribution in [0.5, 0.6) is 0 Å². The summed E-state index contributed by atoms with van der Waals surface area (Å²) in [5.74, 6) is 0.827. The molecule has 0 aliphatic carbocycles. The molecule has 2 fully saturated rings. The highest BCUT2D eigenvalue weighted by Crippen LogP contribution is 2.35. The van der Waals surface area contributed by atoms with Gasteiger partial charge >= 0.3 is 0 Å². The van der Waals surface area contributed by atoms with Crippen molar-refractivity contribution in [2.45, 2.75) is 87.0 Å². The third kappa shape index (κ3) is 11.0. The highest BCUT2D eigenvalue weighted by atomic mass is 19.1. The highest BCUT2D eigenvalue weighted by molar-refractivity contribution is 6.01. The number of aromatic nitrogens is 4. The van der Waals surface area contributed by atoms with E-state index >= 15 is 4.39 Å². The summed E-state index contributed by atoms with van der Waals surface area (Å²) in [5.41, 5.74) is 21.6. The lowest BCUT2D eigenvalue weighted by Gasteiger charge is -2.39. The fraction of sp³-hybridized carbons (Fsp3) is 0.522. The molecule has 0 amide bonds. The molecule has 1 aromatic carbocycles. The Labute approximate surface area is 350 Å². The van der Waals surface area contributed by atoms with Crippen LogP contribution < -0.4 is 11.5 Å². The van der Waals surface area contributed by atoms with Crippen LogP contribution in [0.25, 0.3) is 33.2 Å². The van der Waals surface area contributed by atoms with Gasteiger partial charge in [-0.2, -0.15) is 0 Å². The maximum atomic E-state index is 15.5. The van der Waals surface area contributed by atoms with Crippen LogP contribution in [0.2, 0.25) is 0 Å². The van der Waals surface area contributed by atoms with Crippen LogP contribution in [0.15, 0.2) is 59.0 Å². The standard InChI is InChI=1S/C42H57FN12.C4H10/c1-27(2)49-38-29(5)16-32(19-37(38)43)35-25-55(41(44)50-28(3)4)40-33(35)17-30(21-48-40)23-53-12-14-54(15-13-53)26-42(6,45)36-22-47-39-34(36)18-31(20-46-39)24-52-10-8-51(7)9-11-52;1-4(2)3/h16-22,25,28H,8-15,23-24,26,45H2,1-7H3,(H2,44,50)(H,46,47);4H,1-3H3. The van der Waals surface area contributed by atoms with Crippen molar-refractivity contribution in [2.75, 3.05) is 66.0 Å². The number of hydrogen-bond acceptors (Lipinski definition) is 9. The molecular weight excluding hydrogens is 740 g/mol. The molecule has 2 saturated heterocycles. The molecule has 5 N–H and O–H groups in total. The van der Waals surface area contributed by atoms with Gasteiger partial charge in [-0.3, -0.25) is 24.3 Å². The maximum Gasteiger partial charge on any atom is 0.201 e. The predicted octanol–water partition coefficient (Wildman–Crippen LogP) is 7.11. The second kappa shape index (κ2) is 18.8. The van der Waals surface area contributed by atoms with E-state index in [0.29, 0.717) is 17.3 Å². The van der Waals surface area contributed by atoms with Gasteiger partial charge in [0, 0.05) is 125 Å². The Morgan fingerprint density at radius 1 is 0.864 bits per heavy atom. The van der Waals surface area contributed by atoms with Crippen molar-refractivity contribution in [3.63, 3.8) is 0 Å². The second-order valence-electron chi connectivity index (χ2n) is 18.1. The second-order valence-corrected chi connectivity index (χ2v) is 18.1. The third-order valence-electron chi connectivity index (χ3n) is 10.9. The summed E-state index contributed by atoms with van der Waals surface area (Å²) < 4.78 is 17.3. The van der Waals surface area contributed by atoms with E-state index in [1.165, 1.54) is 5.56 Å². The van der Waals surface area contributed by atoms with Gasteiger partial charge in [-0.15, -0.1) is 0 Å². The number of hydrogen-bond donors (Lipinski definition) is 3. The van der Waals surface area contributed by atoms with Gasteiger partial charge in [0.05, 0.1) is 5.54 Å². The number of nitrogens with zero attached hydrogens (tertiary/aromatic N) is 9. The number of fused-ring (bicyclic) bond motifs is 2. The van der Waals surface area contributed by atoms with E-state index < -0.39 is 5.54 Å². The number of likely N-dealkylation sites (N-methyl/N-ethyl adjacent to an activating group) is 1. The molecule has 13 heteroatoms. The van der Waals surface area contributed by atoms with Crippen molar-refractivity contribution >= 4 is 39.4 Å². The monoisotopic (exact) mass is 807 g/mol. The van der Waals surface area contributed by atoms with Gasteiger partial charge in [0.15, 0.2) is 0 Å². The number of H-pyrrole nitrogens is 1. The number of piperazine rings is 2. The number of rotatable bonds is 10. The normalized spacial score (nSPS) is 17.5. The van der Waals surface area contributed by atoms with Gasteiger partial charge < -0.3 is 21.4 Å². The summed E-state index contributed by atoms with van der Waals surface area (Å²) in [6, 6.07) is 7.99. The number of aryl methyl sites for hydroxylation is 1. The number of aliphatic imine (C=N–C) groups is 2. The van der Waals surface area contributed by atoms with Gasteiger partial charge in [-0.25, -0.2) is 19.4 Å². The fourth-order valence-corrected chi connectivity index (χ4v) is 8.01. The molecular formula is C46H67FN12. The van der Waals surface area contributed by atoms with Crippen LogP contribution in [0.3, 0.4) is 0 Å². The average Bonchev–Trinajstić information content (AvgIpc) is 3.76. The van der Waals surface area contributed by atoms with E-state index in [2.05, 4.69) is 81.4 Å². The molecule has 12 nitrogen and oxygen atoms in total. The number of aromatic amines is 1. The first-order valence-corrected chi connectivity index (χ1v) is 21.2. The lowest BCUT2D eigenvalue weighted by atomic mass is 9.92. The minimum Gasteiger partial charge on any atom is -0.369 e. The first kappa shape index (κ1) is 44.0. The summed E-state index contributed by atoms with van der Waals surface area (Å²) in [7, 11) is 2.18. The zero-order valence-electron chi connectivity index (χ0n) is 37.1. The highest BCUT2D eigenvalue weighted by Gasteiger charge is 2.30. The van der Waals surface area contributed by atoms with Crippen LogP contribution in [-0.2, 0) is 18.6 Å². The van der Waals surface area contributed by atoms with E-state index in [0.717, 1.165) is 128 Å². The van der Waals surface area contributed by atoms with E-state index in [1.54, 1.807) is 6.07 Å². The van der Waals surface area contributed by atoms with Crippen LogP contribution in [-0.4, -0.2) is 123 Å². The molecule has 0 saturated carbocycles. The van der Waals surface area contributed by atoms with Crippen LogP contribution in [0, 0.1) is 18.7 Å². The minimum atomic E-state index is -0.550. The Kier molecular flexibility index (Phi) is 14.0. The van der Waals surface area contributed by atoms with Crippen molar-refractivity contribution in [2.24, 2.45) is 27.4 Å². The number of nitrogens with two attached hydrogens (primary N) is 2. The lowest BCUT2D eigenvalue weighted by Crippen LogP contribution is -2.52. The van der Waals surface area contributed by atoms with Crippen molar-refractivity contribution in [3.8, 4) is 11.1 Å². The van der Waals surface area contributed by atoms with E-state index in [1.807, 2.05) is 70.0 Å². The topological polar surface area (TPSA) is 136 Å².